The summed E-state index contributed by atoms with van der Waals surface area (Å²) in [5.74, 6) is 6.06. The fourth-order valence-corrected chi connectivity index (χ4v) is 1.03. The first-order valence-electron chi connectivity index (χ1n) is 4.05. The lowest BCUT2D eigenvalue weighted by molar-refractivity contribution is 0.339. The molecule has 1 aromatic rings. The maximum absolute atomic E-state index is 5.57. The molecule has 0 radical (unpaired) electrons. The molecular formula is C9H14ClN3O. The first-order valence-corrected chi connectivity index (χ1v) is 4.05. The summed E-state index contributed by atoms with van der Waals surface area (Å²) in [6.45, 7) is 2.50. The number of nitrogens with zero attached hydrogens (tertiary/aromatic N) is 1. The van der Waals surface area contributed by atoms with Gasteiger partial charge < -0.3 is 16.3 Å². The van der Waals surface area contributed by atoms with Crippen LogP contribution in [0.3, 0.4) is 0 Å². The fourth-order valence-electron chi connectivity index (χ4n) is 1.03. The maximum Gasteiger partial charge on any atom is 0.154 e. The number of halogens is 1. The third-order valence-corrected chi connectivity index (χ3v) is 1.60. The molecule has 0 aliphatic carbocycles. The van der Waals surface area contributed by atoms with Crippen LogP contribution in [-0.4, -0.2) is 12.4 Å². The van der Waals surface area contributed by atoms with E-state index in [-0.39, 0.29) is 18.2 Å². The molecule has 1 aromatic carbocycles. The first-order chi connectivity index (χ1) is 6.29. The summed E-state index contributed by atoms with van der Waals surface area (Å²) in [6.07, 6.45) is 0. The van der Waals surface area contributed by atoms with Gasteiger partial charge in [-0.25, -0.2) is 0 Å². The number of para-hydroxylation sites is 1. The van der Waals surface area contributed by atoms with Crippen LogP contribution in [0.4, 0.5) is 0 Å². The van der Waals surface area contributed by atoms with Crippen molar-refractivity contribution in [1.82, 2.24) is 0 Å². The van der Waals surface area contributed by atoms with Crippen molar-refractivity contribution in [3.8, 4) is 5.75 Å². The molecule has 0 amide bonds. The summed E-state index contributed by atoms with van der Waals surface area (Å²) in [7, 11) is 0. The Labute approximate surface area is 89.3 Å². The Bertz CT molecular complexity index is 315. The normalized spacial score (nSPS) is 10.5. The summed E-state index contributed by atoms with van der Waals surface area (Å²) in [5, 5.41) is 3.42. The molecule has 0 unspecified atom stereocenters. The van der Waals surface area contributed by atoms with E-state index in [1.54, 1.807) is 0 Å². The van der Waals surface area contributed by atoms with Crippen LogP contribution in [-0.2, 0) is 0 Å². The maximum atomic E-state index is 5.57. The Balaban J connectivity index is 0.00000169. The molecule has 0 atom stereocenters. The summed E-state index contributed by atoms with van der Waals surface area (Å²) in [5.41, 5.74) is 6.30. The lowest BCUT2D eigenvalue weighted by Crippen LogP contribution is -2.16. The molecule has 5 heteroatoms. The summed E-state index contributed by atoms with van der Waals surface area (Å²) in [6, 6.07) is 7.38. The van der Waals surface area contributed by atoms with Crippen molar-refractivity contribution in [3.63, 3.8) is 0 Å². The van der Waals surface area contributed by atoms with Gasteiger partial charge in [0.2, 0.25) is 0 Å². The van der Waals surface area contributed by atoms with Crippen molar-refractivity contribution >= 4 is 18.2 Å². The van der Waals surface area contributed by atoms with Gasteiger partial charge in [0, 0.05) is 0 Å². The van der Waals surface area contributed by atoms with Gasteiger partial charge in [-0.05, 0) is 19.1 Å². The van der Waals surface area contributed by atoms with Crippen molar-refractivity contribution in [3.05, 3.63) is 29.8 Å². The summed E-state index contributed by atoms with van der Waals surface area (Å²) in [4.78, 5) is 0. The zero-order valence-corrected chi connectivity index (χ0v) is 8.75. The Hall–Kier alpha value is -1.42. The van der Waals surface area contributed by atoms with E-state index in [4.69, 9.17) is 16.3 Å². The van der Waals surface area contributed by atoms with Gasteiger partial charge in [-0.15, -0.1) is 12.4 Å². The number of amidine groups is 1. The molecule has 0 bridgehead atoms. The molecule has 4 N–H and O–H groups in total. The van der Waals surface area contributed by atoms with E-state index in [9.17, 15) is 0 Å². The second kappa shape index (κ2) is 6.10. The number of hydrazone groups is 1. The molecule has 0 fully saturated rings. The third-order valence-electron chi connectivity index (χ3n) is 1.60. The van der Waals surface area contributed by atoms with Crippen LogP contribution in [0.5, 0.6) is 5.75 Å². The number of nitrogens with two attached hydrogens (primary N) is 2. The third kappa shape index (κ3) is 2.81. The monoisotopic (exact) mass is 215 g/mol. The quantitative estimate of drug-likeness (QED) is 0.343. The van der Waals surface area contributed by atoms with Crippen molar-refractivity contribution < 1.29 is 4.74 Å². The van der Waals surface area contributed by atoms with Crippen LogP contribution in [0.15, 0.2) is 29.4 Å². The van der Waals surface area contributed by atoms with Gasteiger partial charge in [-0.3, -0.25) is 0 Å². The van der Waals surface area contributed by atoms with Gasteiger partial charge in [-0.1, -0.05) is 12.1 Å². The standard InChI is InChI=1S/C9H13N3O.ClH/c1-2-13-8-6-4-3-5-7(8)9(10)12-11;/h3-6H,2,11H2,1H3,(H2,10,12);1H. The second-order valence-electron chi connectivity index (χ2n) is 2.44. The summed E-state index contributed by atoms with van der Waals surface area (Å²) < 4.78 is 5.34. The largest absolute Gasteiger partial charge is 0.493 e. The smallest absolute Gasteiger partial charge is 0.154 e. The predicted molar refractivity (Wildman–Crippen MR) is 59.8 cm³/mol. The topological polar surface area (TPSA) is 73.6 Å². The van der Waals surface area contributed by atoms with E-state index >= 15 is 0 Å². The zero-order chi connectivity index (χ0) is 9.68. The first kappa shape index (κ1) is 12.6. The van der Waals surface area contributed by atoms with Gasteiger partial charge in [0.1, 0.15) is 5.75 Å². The number of ether oxygens (including phenoxy) is 1. The molecule has 0 aliphatic rings. The molecule has 0 saturated heterocycles. The van der Waals surface area contributed by atoms with Gasteiger partial charge in [-0.2, -0.15) is 5.10 Å². The summed E-state index contributed by atoms with van der Waals surface area (Å²) >= 11 is 0. The minimum Gasteiger partial charge on any atom is -0.493 e. The highest BCUT2D eigenvalue weighted by Gasteiger charge is 2.05. The van der Waals surface area contributed by atoms with Gasteiger partial charge in [0.15, 0.2) is 5.84 Å². The number of hydrogen-bond donors (Lipinski definition) is 2. The molecule has 4 nitrogen and oxygen atoms in total. The SMILES string of the molecule is CCOc1ccccc1C(N)=NN.Cl. The average molecular weight is 216 g/mol. The van der Waals surface area contributed by atoms with E-state index in [1.807, 2.05) is 31.2 Å². The minimum atomic E-state index is 0. The fraction of sp³-hybridized carbons (Fsp3) is 0.222. The Morgan fingerprint density at radius 3 is 2.64 bits per heavy atom. The molecule has 1 rings (SSSR count). The number of rotatable bonds is 3. The second-order valence-corrected chi connectivity index (χ2v) is 2.44. The molecule has 0 aromatic heterocycles. The Kier molecular flexibility index (Phi) is 5.48. The molecule has 0 saturated carbocycles. The van der Waals surface area contributed by atoms with Crippen LogP contribution in [0.1, 0.15) is 12.5 Å². The van der Waals surface area contributed by atoms with Crippen LogP contribution in [0.2, 0.25) is 0 Å². The number of benzene rings is 1. The van der Waals surface area contributed by atoms with Crippen molar-refractivity contribution in [2.75, 3.05) is 6.61 Å². The molecule has 0 heterocycles. The highest BCUT2D eigenvalue weighted by Crippen LogP contribution is 2.16. The van der Waals surface area contributed by atoms with Crippen LogP contribution in [0.25, 0.3) is 0 Å². The zero-order valence-electron chi connectivity index (χ0n) is 7.93. The van der Waals surface area contributed by atoms with E-state index in [2.05, 4.69) is 5.10 Å². The van der Waals surface area contributed by atoms with Crippen LogP contribution >= 0.6 is 12.4 Å². The van der Waals surface area contributed by atoms with Crippen molar-refractivity contribution in [1.29, 1.82) is 0 Å². The molecule has 0 spiro atoms. The Morgan fingerprint density at radius 2 is 2.07 bits per heavy atom. The van der Waals surface area contributed by atoms with Crippen LogP contribution < -0.4 is 16.3 Å². The van der Waals surface area contributed by atoms with E-state index < -0.39 is 0 Å². The molecule has 0 aliphatic heterocycles. The lowest BCUT2D eigenvalue weighted by atomic mass is 10.2. The van der Waals surface area contributed by atoms with E-state index in [1.165, 1.54) is 0 Å². The van der Waals surface area contributed by atoms with E-state index in [0.29, 0.717) is 12.4 Å². The van der Waals surface area contributed by atoms with Crippen molar-refractivity contribution in [2.24, 2.45) is 16.7 Å². The molecule has 78 valence electrons. The predicted octanol–water partition coefficient (Wildman–Crippen LogP) is 1.09. The van der Waals surface area contributed by atoms with Gasteiger partial charge in [0.05, 0.1) is 12.2 Å². The van der Waals surface area contributed by atoms with Gasteiger partial charge >= 0.3 is 0 Å². The highest BCUT2D eigenvalue weighted by molar-refractivity contribution is 5.99. The van der Waals surface area contributed by atoms with Gasteiger partial charge in [0.25, 0.3) is 0 Å². The average Bonchev–Trinajstić information content (AvgIpc) is 2.18. The van der Waals surface area contributed by atoms with E-state index in [0.717, 1.165) is 5.56 Å². The van der Waals surface area contributed by atoms with Crippen molar-refractivity contribution in [2.45, 2.75) is 6.92 Å². The number of hydrogen-bond acceptors (Lipinski definition) is 3. The Morgan fingerprint density at radius 1 is 1.43 bits per heavy atom. The van der Waals surface area contributed by atoms with Crippen LogP contribution in [0, 0.1) is 0 Å². The minimum absolute atomic E-state index is 0. The molecule has 14 heavy (non-hydrogen) atoms. The highest BCUT2D eigenvalue weighted by atomic mass is 35.5. The lowest BCUT2D eigenvalue weighted by Gasteiger charge is -2.07. The molecular weight excluding hydrogens is 202 g/mol.